The van der Waals surface area contributed by atoms with E-state index in [4.69, 9.17) is 15.2 Å². The van der Waals surface area contributed by atoms with Crippen molar-refractivity contribution in [3.8, 4) is 5.75 Å². The molecular formula is C16H23FN2O2. The molecule has 0 spiro atoms. The maximum atomic E-state index is 14.3. The molecule has 2 unspecified atom stereocenters. The Morgan fingerprint density at radius 2 is 2.29 bits per heavy atom. The van der Waals surface area contributed by atoms with E-state index in [1.807, 2.05) is 11.0 Å². The van der Waals surface area contributed by atoms with Crippen molar-refractivity contribution >= 4 is 5.69 Å². The van der Waals surface area contributed by atoms with Crippen LogP contribution < -0.4 is 15.4 Å². The summed E-state index contributed by atoms with van der Waals surface area (Å²) in [6.45, 7) is 3.72. The molecule has 5 heteroatoms. The summed E-state index contributed by atoms with van der Waals surface area (Å²) in [6, 6.07) is 5.25. The highest BCUT2D eigenvalue weighted by Gasteiger charge is 2.20. The Morgan fingerprint density at radius 3 is 3.00 bits per heavy atom. The molecule has 116 valence electrons. The second-order valence-electron chi connectivity index (χ2n) is 6.00. The smallest absolute Gasteiger partial charge is 0.150 e. The Kier molecular flexibility index (Phi) is 4.60. The Balaban J connectivity index is 1.61. The van der Waals surface area contributed by atoms with Crippen LogP contribution in [-0.4, -0.2) is 39.0 Å². The lowest BCUT2D eigenvalue weighted by molar-refractivity contribution is 0.167. The van der Waals surface area contributed by atoms with E-state index in [1.54, 1.807) is 6.07 Å². The third-order valence-electron chi connectivity index (χ3n) is 4.23. The average molecular weight is 294 g/mol. The predicted octanol–water partition coefficient (Wildman–Crippen LogP) is 2.17. The van der Waals surface area contributed by atoms with Crippen LogP contribution in [0.5, 0.6) is 5.75 Å². The number of nitrogens with two attached hydrogens (primary N) is 1. The van der Waals surface area contributed by atoms with Gasteiger partial charge in [0, 0.05) is 37.7 Å². The molecule has 0 bridgehead atoms. The molecule has 2 saturated heterocycles. The molecule has 1 aromatic rings. The first-order valence-corrected chi connectivity index (χ1v) is 7.73. The first-order chi connectivity index (χ1) is 10.2. The van der Waals surface area contributed by atoms with Gasteiger partial charge < -0.3 is 20.1 Å². The van der Waals surface area contributed by atoms with Crippen LogP contribution in [0.2, 0.25) is 0 Å². The lowest BCUT2D eigenvalue weighted by atomic mass is 10.1. The maximum absolute atomic E-state index is 14.3. The Bertz CT molecular complexity index is 477. The van der Waals surface area contributed by atoms with Gasteiger partial charge in [-0.15, -0.1) is 0 Å². The normalized spacial score (nSPS) is 26.1. The van der Waals surface area contributed by atoms with Crippen molar-refractivity contribution in [3.05, 3.63) is 24.0 Å². The molecular weight excluding hydrogens is 271 g/mol. The molecule has 2 aliphatic heterocycles. The van der Waals surface area contributed by atoms with Crippen LogP contribution in [0.15, 0.2) is 18.2 Å². The Morgan fingerprint density at radius 1 is 1.38 bits per heavy atom. The van der Waals surface area contributed by atoms with Crippen molar-refractivity contribution in [3.63, 3.8) is 0 Å². The number of ether oxygens (including phenoxy) is 2. The number of hydrogen-bond donors (Lipinski definition) is 1. The van der Waals surface area contributed by atoms with E-state index in [0.717, 1.165) is 45.6 Å². The van der Waals surface area contributed by atoms with Crippen LogP contribution in [0, 0.1) is 11.7 Å². The van der Waals surface area contributed by atoms with E-state index >= 15 is 0 Å². The average Bonchev–Trinajstić information content (AvgIpc) is 2.98. The summed E-state index contributed by atoms with van der Waals surface area (Å²) in [5.41, 5.74) is 6.59. The fraction of sp³-hybridized carbons (Fsp3) is 0.625. The molecule has 1 aromatic carbocycles. The van der Waals surface area contributed by atoms with Gasteiger partial charge in [-0.3, -0.25) is 0 Å². The van der Waals surface area contributed by atoms with Gasteiger partial charge in [-0.2, -0.15) is 0 Å². The van der Waals surface area contributed by atoms with Crippen molar-refractivity contribution < 1.29 is 13.9 Å². The third-order valence-corrected chi connectivity index (χ3v) is 4.23. The Labute approximate surface area is 125 Å². The minimum absolute atomic E-state index is 0.136. The molecule has 0 amide bonds. The Hall–Kier alpha value is -1.33. The number of piperidine rings is 1. The topological polar surface area (TPSA) is 47.7 Å². The van der Waals surface area contributed by atoms with Crippen molar-refractivity contribution in [1.82, 2.24) is 0 Å². The summed E-state index contributed by atoms with van der Waals surface area (Å²) in [4.78, 5) is 2.03. The van der Waals surface area contributed by atoms with Gasteiger partial charge in [0.05, 0.1) is 18.9 Å². The van der Waals surface area contributed by atoms with E-state index in [-0.39, 0.29) is 11.9 Å². The van der Waals surface area contributed by atoms with E-state index in [1.165, 1.54) is 6.07 Å². The molecule has 3 rings (SSSR count). The van der Waals surface area contributed by atoms with Crippen molar-refractivity contribution in [1.29, 1.82) is 0 Å². The number of halogens is 1. The fourth-order valence-electron chi connectivity index (χ4n) is 2.99. The van der Waals surface area contributed by atoms with Gasteiger partial charge in [-0.1, -0.05) is 0 Å². The number of hydrogen-bond acceptors (Lipinski definition) is 4. The van der Waals surface area contributed by atoms with Gasteiger partial charge in [-0.05, 0) is 31.4 Å². The predicted molar refractivity (Wildman–Crippen MR) is 80.2 cm³/mol. The molecule has 0 radical (unpaired) electrons. The number of benzene rings is 1. The quantitative estimate of drug-likeness (QED) is 0.924. The monoisotopic (exact) mass is 294 g/mol. The standard InChI is InChI=1S/C16H23FN2O2/c17-15-8-14(21-11-12-5-7-20-10-12)3-4-16(15)19-6-1-2-13(18)9-19/h3-4,8,12-13H,1-2,5-7,9-11,18H2. The van der Waals surface area contributed by atoms with Gasteiger partial charge in [0.15, 0.2) is 0 Å². The molecule has 2 fully saturated rings. The zero-order valence-electron chi connectivity index (χ0n) is 12.3. The van der Waals surface area contributed by atoms with Gasteiger partial charge in [0.25, 0.3) is 0 Å². The minimum Gasteiger partial charge on any atom is -0.493 e. The largest absolute Gasteiger partial charge is 0.493 e. The van der Waals surface area contributed by atoms with Crippen LogP contribution >= 0.6 is 0 Å². The summed E-state index contributed by atoms with van der Waals surface area (Å²) in [5, 5.41) is 0. The van der Waals surface area contributed by atoms with Gasteiger partial charge >= 0.3 is 0 Å². The molecule has 2 aliphatic rings. The van der Waals surface area contributed by atoms with Crippen molar-refractivity contribution in [2.45, 2.75) is 25.3 Å². The first-order valence-electron chi connectivity index (χ1n) is 7.73. The zero-order valence-corrected chi connectivity index (χ0v) is 12.3. The van der Waals surface area contributed by atoms with Crippen molar-refractivity contribution in [2.75, 3.05) is 37.8 Å². The second-order valence-corrected chi connectivity index (χ2v) is 6.00. The highest BCUT2D eigenvalue weighted by atomic mass is 19.1. The summed E-state index contributed by atoms with van der Waals surface area (Å²) in [6.07, 6.45) is 3.05. The van der Waals surface area contributed by atoms with Crippen molar-refractivity contribution in [2.24, 2.45) is 11.7 Å². The van der Waals surface area contributed by atoms with Gasteiger partial charge in [0.1, 0.15) is 11.6 Å². The fourth-order valence-corrected chi connectivity index (χ4v) is 2.99. The van der Waals surface area contributed by atoms with Crippen LogP contribution in [0.3, 0.4) is 0 Å². The first kappa shape index (κ1) is 14.6. The summed E-state index contributed by atoms with van der Waals surface area (Å²) >= 11 is 0. The third kappa shape index (κ3) is 3.66. The minimum atomic E-state index is -0.232. The molecule has 0 saturated carbocycles. The van der Waals surface area contributed by atoms with Crippen LogP contribution in [-0.2, 0) is 4.74 Å². The molecule has 2 atom stereocenters. The summed E-state index contributed by atoms with van der Waals surface area (Å²) in [5.74, 6) is 0.779. The molecule has 21 heavy (non-hydrogen) atoms. The van der Waals surface area contributed by atoms with Crippen LogP contribution in [0.25, 0.3) is 0 Å². The molecule has 4 nitrogen and oxygen atoms in total. The summed E-state index contributed by atoms with van der Waals surface area (Å²) < 4.78 is 25.3. The molecule has 0 aliphatic carbocycles. The number of rotatable bonds is 4. The zero-order chi connectivity index (χ0) is 14.7. The maximum Gasteiger partial charge on any atom is 0.150 e. The van der Waals surface area contributed by atoms with Crippen LogP contribution in [0.4, 0.5) is 10.1 Å². The SMILES string of the molecule is NC1CCCN(c2ccc(OCC3CCOC3)cc2F)C1. The van der Waals surface area contributed by atoms with Gasteiger partial charge in [-0.25, -0.2) is 4.39 Å². The molecule has 2 N–H and O–H groups in total. The van der Waals surface area contributed by atoms with E-state index in [9.17, 15) is 4.39 Å². The molecule has 0 aromatic heterocycles. The second kappa shape index (κ2) is 6.62. The van der Waals surface area contributed by atoms with Crippen LogP contribution in [0.1, 0.15) is 19.3 Å². The molecule has 2 heterocycles. The lowest BCUT2D eigenvalue weighted by Gasteiger charge is -2.32. The van der Waals surface area contributed by atoms with E-state index in [0.29, 0.717) is 24.0 Å². The van der Waals surface area contributed by atoms with Gasteiger partial charge in [0.2, 0.25) is 0 Å². The lowest BCUT2D eigenvalue weighted by Crippen LogP contribution is -2.43. The highest BCUT2D eigenvalue weighted by molar-refractivity contribution is 5.51. The van der Waals surface area contributed by atoms with E-state index < -0.39 is 0 Å². The highest BCUT2D eigenvalue weighted by Crippen LogP contribution is 2.27. The number of nitrogens with zero attached hydrogens (tertiary/aromatic N) is 1. The van der Waals surface area contributed by atoms with E-state index in [2.05, 4.69) is 0 Å². The summed E-state index contributed by atoms with van der Waals surface area (Å²) in [7, 11) is 0. The number of anilines is 1.